The van der Waals surface area contributed by atoms with Crippen molar-refractivity contribution in [3.63, 3.8) is 0 Å². The summed E-state index contributed by atoms with van der Waals surface area (Å²) in [5.41, 5.74) is 4.42. The molecule has 1 atom stereocenters. The Balaban J connectivity index is 2.38. The number of hydrogen-bond donors (Lipinski definition) is 1. The van der Waals surface area contributed by atoms with Crippen molar-refractivity contribution >= 4 is 10.0 Å². The SMILES string of the molecule is Cc1cc(C)c(S(=O)(=O)NC(C)c2cnn(C)c2C)c(C)c1. The third kappa shape index (κ3) is 3.08. The van der Waals surface area contributed by atoms with Gasteiger partial charge in [-0.05, 0) is 45.7 Å². The van der Waals surface area contributed by atoms with E-state index in [1.807, 2.05) is 53.8 Å². The highest BCUT2D eigenvalue weighted by Crippen LogP contribution is 2.24. The molecule has 22 heavy (non-hydrogen) atoms. The third-order valence-electron chi connectivity index (χ3n) is 3.95. The standard InChI is InChI=1S/C16H23N3O2S/c1-10-7-11(2)16(12(3)8-10)22(20,21)18-13(4)15-9-17-19(6)14(15)5/h7-9,13,18H,1-6H3. The Bertz CT molecular complexity index is 784. The highest BCUT2D eigenvalue weighted by Gasteiger charge is 2.24. The lowest BCUT2D eigenvalue weighted by Gasteiger charge is -2.17. The van der Waals surface area contributed by atoms with Gasteiger partial charge in [-0.15, -0.1) is 0 Å². The first-order chi connectivity index (χ1) is 10.1. The molecule has 0 radical (unpaired) electrons. The van der Waals surface area contributed by atoms with Crippen molar-refractivity contribution < 1.29 is 8.42 Å². The van der Waals surface area contributed by atoms with Gasteiger partial charge < -0.3 is 0 Å². The fourth-order valence-corrected chi connectivity index (χ4v) is 4.56. The van der Waals surface area contributed by atoms with Crippen LogP contribution in [0.5, 0.6) is 0 Å². The Hall–Kier alpha value is -1.66. The van der Waals surface area contributed by atoms with Gasteiger partial charge in [-0.3, -0.25) is 4.68 Å². The fraction of sp³-hybridized carbons (Fsp3) is 0.438. The average Bonchev–Trinajstić information content (AvgIpc) is 2.67. The van der Waals surface area contributed by atoms with E-state index < -0.39 is 10.0 Å². The first-order valence-electron chi connectivity index (χ1n) is 7.22. The van der Waals surface area contributed by atoms with Crippen LogP contribution >= 0.6 is 0 Å². The molecule has 0 spiro atoms. The normalized spacial score (nSPS) is 13.4. The lowest BCUT2D eigenvalue weighted by atomic mass is 10.1. The minimum Gasteiger partial charge on any atom is -0.273 e. The smallest absolute Gasteiger partial charge is 0.241 e. The molecule has 1 aromatic carbocycles. The van der Waals surface area contributed by atoms with Crippen molar-refractivity contribution in [2.24, 2.45) is 7.05 Å². The number of sulfonamides is 1. The van der Waals surface area contributed by atoms with E-state index in [2.05, 4.69) is 9.82 Å². The van der Waals surface area contributed by atoms with E-state index in [0.717, 1.165) is 27.9 Å². The first kappa shape index (κ1) is 16.7. The topological polar surface area (TPSA) is 64.0 Å². The number of aryl methyl sites for hydroxylation is 4. The van der Waals surface area contributed by atoms with Gasteiger partial charge in [0.25, 0.3) is 0 Å². The Morgan fingerprint density at radius 1 is 1.14 bits per heavy atom. The molecule has 0 aliphatic carbocycles. The zero-order chi connectivity index (χ0) is 16.7. The number of rotatable bonds is 4. The summed E-state index contributed by atoms with van der Waals surface area (Å²) in [5, 5.41) is 4.17. The maximum absolute atomic E-state index is 12.7. The summed E-state index contributed by atoms with van der Waals surface area (Å²) in [6.45, 7) is 9.38. The number of aromatic nitrogens is 2. The molecule has 1 N–H and O–H groups in total. The molecule has 1 aromatic heterocycles. The van der Waals surface area contributed by atoms with Gasteiger partial charge in [0.05, 0.1) is 11.1 Å². The van der Waals surface area contributed by atoms with Gasteiger partial charge in [0, 0.05) is 24.3 Å². The summed E-state index contributed by atoms with van der Waals surface area (Å²) in [5.74, 6) is 0. The molecule has 2 aromatic rings. The van der Waals surface area contributed by atoms with Crippen LogP contribution < -0.4 is 4.72 Å². The maximum atomic E-state index is 12.7. The summed E-state index contributed by atoms with van der Waals surface area (Å²) in [6.07, 6.45) is 1.71. The summed E-state index contributed by atoms with van der Waals surface area (Å²) in [6, 6.07) is 3.45. The van der Waals surface area contributed by atoms with E-state index in [4.69, 9.17) is 0 Å². The van der Waals surface area contributed by atoms with Crippen LogP contribution in [0.3, 0.4) is 0 Å². The molecule has 5 nitrogen and oxygen atoms in total. The minimum atomic E-state index is -3.58. The highest BCUT2D eigenvalue weighted by atomic mass is 32.2. The second-order valence-corrected chi connectivity index (χ2v) is 7.53. The van der Waals surface area contributed by atoms with E-state index in [0.29, 0.717) is 4.90 Å². The molecule has 0 saturated carbocycles. The minimum absolute atomic E-state index is 0.334. The van der Waals surface area contributed by atoms with Gasteiger partial charge in [0.2, 0.25) is 10.0 Å². The van der Waals surface area contributed by atoms with Gasteiger partial charge in [0.15, 0.2) is 0 Å². The molecule has 0 aliphatic rings. The Morgan fingerprint density at radius 3 is 2.14 bits per heavy atom. The lowest BCUT2D eigenvalue weighted by Crippen LogP contribution is -2.28. The molecule has 1 unspecified atom stereocenters. The van der Waals surface area contributed by atoms with Crippen LogP contribution in [0, 0.1) is 27.7 Å². The third-order valence-corrected chi connectivity index (χ3v) is 5.79. The van der Waals surface area contributed by atoms with Gasteiger partial charge in [0.1, 0.15) is 0 Å². The molecule has 6 heteroatoms. The first-order valence-corrected chi connectivity index (χ1v) is 8.70. The van der Waals surface area contributed by atoms with Crippen molar-refractivity contribution in [1.29, 1.82) is 0 Å². The summed E-state index contributed by atoms with van der Waals surface area (Å²) in [7, 11) is -1.74. The van der Waals surface area contributed by atoms with Crippen LogP contribution in [-0.4, -0.2) is 18.2 Å². The summed E-state index contributed by atoms with van der Waals surface area (Å²) >= 11 is 0. The predicted octanol–water partition coefficient (Wildman–Crippen LogP) is 2.69. The van der Waals surface area contributed by atoms with Crippen molar-refractivity contribution in [3.05, 3.63) is 46.3 Å². The van der Waals surface area contributed by atoms with Crippen molar-refractivity contribution in [2.75, 3.05) is 0 Å². The summed E-state index contributed by atoms with van der Waals surface area (Å²) < 4.78 is 30.0. The van der Waals surface area contributed by atoms with Crippen LogP contribution in [0.1, 0.15) is 40.9 Å². The predicted molar refractivity (Wildman–Crippen MR) is 87.3 cm³/mol. The molecular formula is C16H23N3O2S. The van der Waals surface area contributed by atoms with E-state index in [1.54, 1.807) is 10.9 Å². The number of benzene rings is 1. The Labute approximate surface area is 132 Å². The van der Waals surface area contributed by atoms with Gasteiger partial charge in [-0.2, -0.15) is 5.10 Å². The van der Waals surface area contributed by atoms with Crippen LogP contribution in [0.4, 0.5) is 0 Å². The van der Waals surface area contributed by atoms with E-state index in [-0.39, 0.29) is 6.04 Å². The van der Waals surface area contributed by atoms with Crippen LogP contribution in [0.2, 0.25) is 0 Å². The lowest BCUT2D eigenvalue weighted by molar-refractivity contribution is 0.565. The second kappa shape index (κ2) is 5.85. The van der Waals surface area contributed by atoms with E-state index in [1.165, 1.54) is 0 Å². The largest absolute Gasteiger partial charge is 0.273 e. The van der Waals surface area contributed by atoms with Crippen LogP contribution in [0.15, 0.2) is 23.2 Å². The molecule has 1 heterocycles. The fourth-order valence-electron chi connectivity index (χ4n) is 2.89. The average molecular weight is 321 g/mol. The number of hydrogen-bond acceptors (Lipinski definition) is 3. The zero-order valence-electron chi connectivity index (χ0n) is 13.9. The molecular weight excluding hydrogens is 298 g/mol. The maximum Gasteiger partial charge on any atom is 0.241 e. The quantitative estimate of drug-likeness (QED) is 0.941. The molecule has 0 fully saturated rings. The van der Waals surface area contributed by atoms with Crippen molar-refractivity contribution in [3.8, 4) is 0 Å². The van der Waals surface area contributed by atoms with Crippen LogP contribution in [0.25, 0.3) is 0 Å². The molecule has 0 bridgehead atoms. The van der Waals surface area contributed by atoms with E-state index in [9.17, 15) is 8.42 Å². The van der Waals surface area contributed by atoms with Crippen LogP contribution in [-0.2, 0) is 17.1 Å². The molecule has 0 aliphatic heterocycles. The monoisotopic (exact) mass is 321 g/mol. The molecule has 0 saturated heterocycles. The molecule has 2 rings (SSSR count). The van der Waals surface area contributed by atoms with Crippen molar-refractivity contribution in [1.82, 2.24) is 14.5 Å². The van der Waals surface area contributed by atoms with Crippen molar-refractivity contribution in [2.45, 2.75) is 45.6 Å². The molecule has 120 valence electrons. The van der Waals surface area contributed by atoms with Gasteiger partial charge in [-0.25, -0.2) is 13.1 Å². The highest BCUT2D eigenvalue weighted by molar-refractivity contribution is 7.89. The van der Waals surface area contributed by atoms with Gasteiger partial charge in [-0.1, -0.05) is 17.7 Å². The Morgan fingerprint density at radius 2 is 1.68 bits per heavy atom. The number of nitrogens with one attached hydrogen (secondary N) is 1. The molecule has 0 amide bonds. The zero-order valence-corrected chi connectivity index (χ0v) is 14.7. The van der Waals surface area contributed by atoms with Gasteiger partial charge >= 0.3 is 0 Å². The van der Waals surface area contributed by atoms with E-state index >= 15 is 0 Å². The Kier molecular flexibility index (Phi) is 4.44. The number of nitrogens with zero attached hydrogens (tertiary/aromatic N) is 2. The second-order valence-electron chi connectivity index (χ2n) is 5.88. The summed E-state index contributed by atoms with van der Waals surface area (Å²) in [4.78, 5) is 0.367.